The Morgan fingerprint density at radius 2 is 2.33 bits per heavy atom. The lowest BCUT2D eigenvalue weighted by Crippen LogP contribution is -2.35. The third-order valence-electron chi connectivity index (χ3n) is 3.00. The average Bonchev–Trinajstić information content (AvgIpc) is 2.47. The predicted octanol–water partition coefficient (Wildman–Crippen LogP) is 1.60. The topological polar surface area (TPSA) is 29.3 Å². The van der Waals surface area contributed by atoms with Gasteiger partial charge in [-0.05, 0) is 52.6 Å². The van der Waals surface area contributed by atoms with Crippen molar-refractivity contribution < 1.29 is 0 Å². The van der Waals surface area contributed by atoms with Crippen LogP contribution in [0.3, 0.4) is 0 Å². The molecule has 1 aliphatic heterocycles. The zero-order valence-electron chi connectivity index (χ0n) is 8.42. The molecule has 1 heterocycles. The summed E-state index contributed by atoms with van der Waals surface area (Å²) in [6.07, 6.45) is 5.20. The van der Waals surface area contributed by atoms with Crippen LogP contribution in [0.1, 0.15) is 39.5 Å². The molecule has 0 amide bonds. The first-order valence-corrected chi connectivity index (χ1v) is 5.21. The number of hydrogen-bond acceptors (Lipinski definition) is 2. The van der Waals surface area contributed by atoms with E-state index in [1.54, 1.807) is 0 Å². The van der Waals surface area contributed by atoms with E-state index in [2.05, 4.69) is 18.7 Å². The van der Waals surface area contributed by atoms with E-state index in [0.29, 0.717) is 0 Å². The van der Waals surface area contributed by atoms with Crippen LogP contribution in [0, 0.1) is 0 Å². The highest BCUT2D eigenvalue weighted by Crippen LogP contribution is 2.21. The van der Waals surface area contributed by atoms with Crippen molar-refractivity contribution in [1.29, 1.82) is 0 Å². The first-order chi connectivity index (χ1) is 5.75. The van der Waals surface area contributed by atoms with Crippen LogP contribution in [-0.4, -0.2) is 30.1 Å². The van der Waals surface area contributed by atoms with E-state index in [1.165, 1.54) is 32.2 Å². The van der Waals surface area contributed by atoms with Crippen LogP contribution < -0.4 is 5.73 Å². The van der Waals surface area contributed by atoms with Crippen molar-refractivity contribution in [3.63, 3.8) is 0 Å². The monoisotopic (exact) mass is 170 g/mol. The molecule has 0 aromatic rings. The van der Waals surface area contributed by atoms with Crippen molar-refractivity contribution in [1.82, 2.24) is 4.90 Å². The molecule has 0 saturated carbocycles. The van der Waals surface area contributed by atoms with Crippen LogP contribution in [0.15, 0.2) is 0 Å². The molecular formula is C10H22N2. The van der Waals surface area contributed by atoms with Crippen LogP contribution in [0.25, 0.3) is 0 Å². The molecule has 72 valence electrons. The highest BCUT2D eigenvalue weighted by molar-refractivity contribution is 4.79. The van der Waals surface area contributed by atoms with E-state index in [-0.39, 0.29) is 0 Å². The Balaban J connectivity index is 2.25. The summed E-state index contributed by atoms with van der Waals surface area (Å²) in [5.41, 5.74) is 5.49. The number of nitrogens with two attached hydrogens (primary N) is 1. The normalized spacial score (nSPS) is 27.8. The van der Waals surface area contributed by atoms with Gasteiger partial charge < -0.3 is 5.73 Å². The third kappa shape index (κ3) is 2.46. The fourth-order valence-corrected chi connectivity index (χ4v) is 2.19. The Labute approximate surface area is 76.1 Å². The molecule has 0 radical (unpaired) electrons. The van der Waals surface area contributed by atoms with Crippen molar-refractivity contribution >= 4 is 0 Å². The number of rotatable bonds is 4. The SMILES string of the molecule is CC(CCCN)N1CCCC1C. The van der Waals surface area contributed by atoms with Gasteiger partial charge in [0, 0.05) is 12.1 Å². The summed E-state index contributed by atoms with van der Waals surface area (Å²) in [6.45, 7) is 6.81. The van der Waals surface area contributed by atoms with Gasteiger partial charge in [0.05, 0.1) is 0 Å². The van der Waals surface area contributed by atoms with E-state index in [1.807, 2.05) is 0 Å². The van der Waals surface area contributed by atoms with Crippen molar-refractivity contribution in [3.05, 3.63) is 0 Å². The van der Waals surface area contributed by atoms with Gasteiger partial charge in [-0.3, -0.25) is 4.90 Å². The largest absolute Gasteiger partial charge is 0.330 e. The molecule has 2 N–H and O–H groups in total. The number of nitrogens with zero attached hydrogens (tertiary/aromatic N) is 1. The first kappa shape index (κ1) is 10.0. The molecule has 2 unspecified atom stereocenters. The van der Waals surface area contributed by atoms with Gasteiger partial charge in [0.25, 0.3) is 0 Å². The molecule has 1 fully saturated rings. The van der Waals surface area contributed by atoms with E-state index in [4.69, 9.17) is 5.73 Å². The molecule has 1 saturated heterocycles. The minimum Gasteiger partial charge on any atom is -0.330 e. The lowest BCUT2D eigenvalue weighted by molar-refractivity contribution is 0.192. The quantitative estimate of drug-likeness (QED) is 0.694. The Hall–Kier alpha value is -0.0800. The maximum Gasteiger partial charge on any atom is 0.00702 e. The molecule has 0 aromatic heterocycles. The average molecular weight is 170 g/mol. The summed E-state index contributed by atoms with van der Waals surface area (Å²) in [4.78, 5) is 2.62. The Kier molecular flexibility index (Phi) is 4.02. The maximum atomic E-state index is 5.49. The van der Waals surface area contributed by atoms with Crippen LogP contribution in [0.2, 0.25) is 0 Å². The Morgan fingerprint density at radius 3 is 2.83 bits per heavy atom. The molecular weight excluding hydrogens is 148 g/mol. The van der Waals surface area contributed by atoms with Crippen molar-refractivity contribution in [3.8, 4) is 0 Å². The van der Waals surface area contributed by atoms with Gasteiger partial charge in [0.1, 0.15) is 0 Å². The van der Waals surface area contributed by atoms with Gasteiger partial charge in [0.15, 0.2) is 0 Å². The second-order valence-corrected chi connectivity index (χ2v) is 4.01. The van der Waals surface area contributed by atoms with Gasteiger partial charge in [-0.1, -0.05) is 0 Å². The first-order valence-electron chi connectivity index (χ1n) is 5.21. The summed E-state index contributed by atoms with van der Waals surface area (Å²) in [5, 5.41) is 0. The van der Waals surface area contributed by atoms with E-state index < -0.39 is 0 Å². The molecule has 2 atom stereocenters. The molecule has 12 heavy (non-hydrogen) atoms. The summed E-state index contributed by atoms with van der Waals surface area (Å²) in [5.74, 6) is 0. The summed E-state index contributed by atoms with van der Waals surface area (Å²) in [6, 6.07) is 1.55. The van der Waals surface area contributed by atoms with Crippen molar-refractivity contribution in [2.45, 2.75) is 51.6 Å². The highest BCUT2D eigenvalue weighted by atomic mass is 15.2. The van der Waals surface area contributed by atoms with Gasteiger partial charge in [0.2, 0.25) is 0 Å². The maximum absolute atomic E-state index is 5.49. The Morgan fingerprint density at radius 1 is 1.58 bits per heavy atom. The van der Waals surface area contributed by atoms with Crippen LogP contribution in [-0.2, 0) is 0 Å². The van der Waals surface area contributed by atoms with Gasteiger partial charge in [-0.15, -0.1) is 0 Å². The number of likely N-dealkylation sites (tertiary alicyclic amines) is 1. The smallest absolute Gasteiger partial charge is 0.00702 e. The molecule has 0 bridgehead atoms. The fraction of sp³-hybridized carbons (Fsp3) is 1.00. The zero-order chi connectivity index (χ0) is 8.97. The van der Waals surface area contributed by atoms with E-state index in [9.17, 15) is 0 Å². The molecule has 1 aliphatic rings. The third-order valence-corrected chi connectivity index (χ3v) is 3.00. The Bertz CT molecular complexity index is 125. The van der Waals surface area contributed by atoms with Gasteiger partial charge >= 0.3 is 0 Å². The van der Waals surface area contributed by atoms with E-state index >= 15 is 0 Å². The van der Waals surface area contributed by atoms with Crippen molar-refractivity contribution in [2.75, 3.05) is 13.1 Å². The number of hydrogen-bond donors (Lipinski definition) is 1. The minimum absolute atomic E-state index is 0.742. The summed E-state index contributed by atoms with van der Waals surface area (Å²) >= 11 is 0. The molecule has 2 heteroatoms. The predicted molar refractivity (Wildman–Crippen MR) is 53.2 cm³/mol. The lowest BCUT2D eigenvalue weighted by atomic mass is 10.1. The standard InChI is InChI=1S/C10H22N2/c1-9(5-3-7-11)12-8-4-6-10(12)2/h9-10H,3-8,11H2,1-2H3. The minimum atomic E-state index is 0.742. The highest BCUT2D eigenvalue weighted by Gasteiger charge is 2.23. The summed E-state index contributed by atoms with van der Waals surface area (Å²) < 4.78 is 0. The van der Waals surface area contributed by atoms with Crippen LogP contribution >= 0.6 is 0 Å². The lowest BCUT2D eigenvalue weighted by Gasteiger charge is -2.28. The van der Waals surface area contributed by atoms with Crippen LogP contribution in [0.4, 0.5) is 0 Å². The summed E-state index contributed by atoms with van der Waals surface area (Å²) in [7, 11) is 0. The second-order valence-electron chi connectivity index (χ2n) is 4.01. The molecule has 1 rings (SSSR count). The van der Waals surface area contributed by atoms with Gasteiger partial charge in [-0.2, -0.15) is 0 Å². The van der Waals surface area contributed by atoms with E-state index in [0.717, 1.165) is 18.6 Å². The van der Waals surface area contributed by atoms with Gasteiger partial charge in [-0.25, -0.2) is 0 Å². The van der Waals surface area contributed by atoms with Crippen LogP contribution in [0.5, 0.6) is 0 Å². The van der Waals surface area contributed by atoms with Crippen molar-refractivity contribution in [2.24, 2.45) is 5.73 Å². The molecule has 0 spiro atoms. The second kappa shape index (κ2) is 4.83. The molecule has 0 aliphatic carbocycles. The fourth-order valence-electron chi connectivity index (χ4n) is 2.19. The molecule has 2 nitrogen and oxygen atoms in total. The molecule has 0 aromatic carbocycles. The zero-order valence-corrected chi connectivity index (χ0v) is 8.42.